The van der Waals surface area contributed by atoms with Gasteiger partial charge in [0, 0.05) is 19.3 Å². The molecule has 2 aromatic rings. The van der Waals surface area contributed by atoms with Crippen molar-refractivity contribution < 1.29 is 18.7 Å². The number of hydrogen-bond acceptors (Lipinski definition) is 4. The topological polar surface area (TPSA) is 71.8 Å². The molecule has 0 saturated carbocycles. The maximum atomic E-state index is 12.5. The van der Waals surface area contributed by atoms with Crippen LogP contribution in [0.2, 0.25) is 0 Å². The van der Waals surface area contributed by atoms with Crippen molar-refractivity contribution in [1.29, 1.82) is 0 Å². The van der Waals surface area contributed by atoms with Crippen LogP contribution in [0.4, 0.5) is 5.69 Å². The molecule has 0 atom stereocenters. The number of amides is 2. The van der Waals surface area contributed by atoms with Crippen molar-refractivity contribution in [2.75, 3.05) is 32.1 Å². The van der Waals surface area contributed by atoms with E-state index in [1.54, 1.807) is 19.2 Å². The molecule has 1 aromatic heterocycles. The Morgan fingerprint density at radius 3 is 2.64 bits per heavy atom. The van der Waals surface area contributed by atoms with E-state index in [9.17, 15) is 9.59 Å². The lowest BCUT2D eigenvalue weighted by atomic mass is 10.1. The summed E-state index contributed by atoms with van der Waals surface area (Å²) in [4.78, 5) is 26.4. The Morgan fingerprint density at radius 2 is 2.00 bits per heavy atom. The number of halogens is 1. The summed E-state index contributed by atoms with van der Waals surface area (Å²) in [5.41, 5.74) is 2.83. The Hall–Kier alpha value is -2.12. The van der Waals surface area contributed by atoms with Gasteiger partial charge in [-0.2, -0.15) is 0 Å². The number of aryl methyl sites for hydroxylation is 1. The van der Waals surface area contributed by atoms with E-state index >= 15 is 0 Å². The molecule has 25 heavy (non-hydrogen) atoms. The van der Waals surface area contributed by atoms with E-state index in [4.69, 9.17) is 9.15 Å². The van der Waals surface area contributed by atoms with Crippen molar-refractivity contribution >= 4 is 33.4 Å². The normalized spacial score (nSPS) is 10.6. The summed E-state index contributed by atoms with van der Waals surface area (Å²) in [5, 5.41) is 2.86. The highest BCUT2D eigenvalue weighted by molar-refractivity contribution is 9.10. The minimum Gasteiger partial charge on any atom is -0.444 e. The molecule has 0 spiro atoms. The third-order valence-electron chi connectivity index (χ3n) is 3.85. The fourth-order valence-electron chi connectivity index (χ4n) is 2.29. The van der Waals surface area contributed by atoms with Crippen molar-refractivity contribution in [2.24, 2.45) is 0 Å². The molecule has 7 heteroatoms. The van der Waals surface area contributed by atoms with E-state index in [0.717, 1.165) is 16.8 Å². The van der Waals surface area contributed by atoms with Gasteiger partial charge >= 0.3 is 0 Å². The Bertz CT molecular complexity index is 757. The number of carbonyl (C=O) groups excluding carboxylic acids is 2. The molecule has 134 valence electrons. The summed E-state index contributed by atoms with van der Waals surface area (Å²) in [5.74, 6) is -0.467. The van der Waals surface area contributed by atoms with Gasteiger partial charge in [-0.1, -0.05) is 12.1 Å². The van der Waals surface area contributed by atoms with E-state index in [1.165, 1.54) is 4.90 Å². The summed E-state index contributed by atoms with van der Waals surface area (Å²) in [7, 11) is 1.54. The standard InChI is InChI=1S/C18H21BrN2O4/c1-12-5-4-6-14(13(12)2)20-17(22)11-21(9-10-24-3)18(23)15-7-8-16(19)25-15/h4-8H,9-11H2,1-3H3,(H,20,22). The van der Waals surface area contributed by atoms with E-state index in [-0.39, 0.29) is 30.7 Å². The second-order valence-electron chi connectivity index (χ2n) is 5.62. The van der Waals surface area contributed by atoms with Crippen LogP contribution in [0.1, 0.15) is 21.7 Å². The molecular weight excluding hydrogens is 388 g/mol. The van der Waals surface area contributed by atoms with Crippen LogP contribution >= 0.6 is 15.9 Å². The van der Waals surface area contributed by atoms with Gasteiger partial charge in [-0.05, 0) is 59.1 Å². The minimum absolute atomic E-state index is 0.0894. The summed E-state index contributed by atoms with van der Waals surface area (Å²) in [6.07, 6.45) is 0. The Kier molecular flexibility index (Phi) is 6.78. The Balaban J connectivity index is 2.09. The molecule has 0 aliphatic heterocycles. The third kappa shape index (κ3) is 5.17. The second kappa shape index (κ2) is 8.82. The van der Waals surface area contributed by atoms with Crippen LogP contribution in [0.3, 0.4) is 0 Å². The SMILES string of the molecule is COCCN(CC(=O)Nc1cccc(C)c1C)C(=O)c1ccc(Br)o1. The van der Waals surface area contributed by atoms with Gasteiger partial charge in [0.05, 0.1) is 6.61 Å². The number of methoxy groups -OCH3 is 1. The predicted octanol–water partition coefficient (Wildman–Crippen LogP) is 3.39. The van der Waals surface area contributed by atoms with Gasteiger partial charge in [0.25, 0.3) is 5.91 Å². The first-order valence-electron chi connectivity index (χ1n) is 7.82. The van der Waals surface area contributed by atoms with Gasteiger partial charge in [-0.25, -0.2) is 0 Å². The van der Waals surface area contributed by atoms with Crippen LogP contribution in [0.5, 0.6) is 0 Å². The Labute approximate surface area is 155 Å². The van der Waals surface area contributed by atoms with Crippen LogP contribution in [0.15, 0.2) is 39.4 Å². The molecule has 1 heterocycles. The number of benzene rings is 1. The van der Waals surface area contributed by atoms with E-state index < -0.39 is 0 Å². The maximum Gasteiger partial charge on any atom is 0.290 e. The molecule has 0 aliphatic rings. The highest BCUT2D eigenvalue weighted by Gasteiger charge is 2.21. The molecule has 1 aromatic carbocycles. The average molecular weight is 409 g/mol. The largest absolute Gasteiger partial charge is 0.444 e. The molecular formula is C18H21BrN2O4. The van der Waals surface area contributed by atoms with Crippen LogP contribution in [0.25, 0.3) is 0 Å². The summed E-state index contributed by atoms with van der Waals surface area (Å²) < 4.78 is 10.8. The molecule has 0 aliphatic carbocycles. The Morgan fingerprint density at radius 1 is 1.24 bits per heavy atom. The molecule has 0 radical (unpaired) electrons. The fraction of sp³-hybridized carbons (Fsp3) is 0.333. The maximum absolute atomic E-state index is 12.5. The smallest absolute Gasteiger partial charge is 0.290 e. The van der Waals surface area contributed by atoms with Crippen LogP contribution < -0.4 is 5.32 Å². The average Bonchev–Trinajstić information content (AvgIpc) is 3.01. The van der Waals surface area contributed by atoms with E-state index in [0.29, 0.717) is 11.3 Å². The highest BCUT2D eigenvalue weighted by Crippen LogP contribution is 2.18. The number of nitrogens with one attached hydrogen (secondary N) is 1. The zero-order valence-electron chi connectivity index (χ0n) is 14.5. The molecule has 6 nitrogen and oxygen atoms in total. The van der Waals surface area contributed by atoms with Crippen molar-refractivity contribution in [3.8, 4) is 0 Å². The molecule has 1 N–H and O–H groups in total. The number of nitrogens with zero attached hydrogens (tertiary/aromatic N) is 1. The van der Waals surface area contributed by atoms with Gasteiger partial charge in [-0.3, -0.25) is 9.59 Å². The molecule has 0 unspecified atom stereocenters. The molecule has 0 fully saturated rings. The fourth-order valence-corrected chi connectivity index (χ4v) is 2.60. The predicted molar refractivity (Wildman–Crippen MR) is 98.7 cm³/mol. The van der Waals surface area contributed by atoms with Gasteiger partial charge in [0.1, 0.15) is 6.54 Å². The van der Waals surface area contributed by atoms with Crippen LogP contribution in [-0.4, -0.2) is 43.5 Å². The monoisotopic (exact) mass is 408 g/mol. The number of furan rings is 1. The number of hydrogen-bond donors (Lipinski definition) is 1. The van der Waals surface area contributed by atoms with Crippen LogP contribution in [-0.2, 0) is 9.53 Å². The van der Waals surface area contributed by atoms with Gasteiger partial charge in [-0.15, -0.1) is 0 Å². The van der Waals surface area contributed by atoms with Crippen molar-refractivity contribution in [3.63, 3.8) is 0 Å². The molecule has 2 rings (SSSR count). The zero-order chi connectivity index (χ0) is 18.4. The second-order valence-corrected chi connectivity index (χ2v) is 6.40. The minimum atomic E-state index is -0.362. The first-order valence-corrected chi connectivity index (χ1v) is 8.61. The third-order valence-corrected chi connectivity index (χ3v) is 4.28. The molecule has 2 amide bonds. The highest BCUT2D eigenvalue weighted by atomic mass is 79.9. The van der Waals surface area contributed by atoms with E-state index in [1.807, 2.05) is 32.0 Å². The first kappa shape index (κ1) is 19.2. The molecule has 0 bridgehead atoms. The number of ether oxygens (including phenoxy) is 1. The van der Waals surface area contributed by atoms with Crippen molar-refractivity contribution in [1.82, 2.24) is 4.90 Å². The van der Waals surface area contributed by atoms with Gasteiger partial charge < -0.3 is 19.4 Å². The lowest BCUT2D eigenvalue weighted by Crippen LogP contribution is -2.40. The lowest BCUT2D eigenvalue weighted by molar-refractivity contribution is -0.117. The van der Waals surface area contributed by atoms with Gasteiger partial charge in [0.2, 0.25) is 5.91 Å². The number of anilines is 1. The zero-order valence-corrected chi connectivity index (χ0v) is 16.1. The number of rotatable bonds is 7. The van der Waals surface area contributed by atoms with Crippen LogP contribution in [0, 0.1) is 13.8 Å². The number of carbonyl (C=O) groups is 2. The summed E-state index contributed by atoms with van der Waals surface area (Å²) >= 11 is 3.17. The quantitative estimate of drug-likeness (QED) is 0.761. The first-order chi connectivity index (χ1) is 11.9. The van der Waals surface area contributed by atoms with Gasteiger partial charge in [0.15, 0.2) is 10.4 Å². The summed E-state index contributed by atoms with van der Waals surface area (Å²) in [6, 6.07) is 8.90. The van der Waals surface area contributed by atoms with E-state index in [2.05, 4.69) is 21.2 Å². The summed E-state index contributed by atoms with van der Waals surface area (Å²) in [6.45, 7) is 4.44. The van der Waals surface area contributed by atoms with Crippen molar-refractivity contribution in [3.05, 3.63) is 51.9 Å². The lowest BCUT2D eigenvalue weighted by Gasteiger charge is -2.21. The molecule has 0 saturated heterocycles. The van der Waals surface area contributed by atoms with Crippen molar-refractivity contribution in [2.45, 2.75) is 13.8 Å².